The minimum atomic E-state index is -0.115. The highest BCUT2D eigenvalue weighted by Crippen LogP contribution is 2.66. The van der Waals surface area contributed by atoms with Gasteiger partial charge in [0.05, 0.1) is 11.6 Å². The summed E-state index contributed by atoms with van der Waals surface area (Å²) in [5.41, 5.74) is 14.5. The predicted molar refractivity (Wildman–Crippen MR) is 261 cm³/mol. The number of rotatable bonds is 6. The minimum Gasteiger partial charge on any atom is -0.208 e. The van der Waals surface area contributed by atoms with Gasteiger partial charge in [0, 0.05) is 42.3 Å². The Kier molecular flexibility index (Phi) is 8.19. The molecular weight excluding hydrogens is 797 g/mol. The molecule has 0 N–H and O–H groups in total. The van der Waals surface area contributed by atoms with Crippen LogP contribution in [0.3, 0.4) is 0 Å². The van der Waals surface area contributed by atoms with E-state index in [2.05, 4.69) is 159 Å². The third-order valence-electron chi connectivity index (χ3n) is 15.8. The largest absolute Gasteiger partial charge is 0.208 e. The molecular formula is C59H46N4S. The molecule has 7 aromatic carbocycles. The first-order valence-electron chi connectivity index (χ1n) is 22.9. The van der Waals surface area contributed by atoms with E-state index >= 15 is 0 Å². The summed E-state index contributed by atoms with van der Waals surface area (Å²) in [4.78, 5) is 15.7. The van der Waals surface area contributed by atoms with Crippen LogP contribution >= 0.6 is 11.3 Å². The summed E-state index contributed by atoms with van der Waals surface area (Å²) in [5.74, 6) is 3.61. The summed E-state index contributed by atoms with van der Waals surface area (Å²) in [7, 11) is 0. The molecule has 308 valence electrons. The van der Waals surface area contributed by atoms with Crippen LogP contribution in [0, 0.1) is 23.2 Å². The molecule has 5 aliphatic rings. The maximum absolute atomic E-state index is 9.30. The van der Waals surface area contributed by atoms with Crippen molar-refractivity contribution in [1.29, 1.82) is 5.26 Å². The fraction of sp³-hybridized carbons (Fsp3) is 0.220. The van der Waals surface area contributed by atoms with Gasteiger partial charge in [-0.15, -0.1) is 11.3 Å². The first kappa shape index (κ1) is 37.8. The lowest BCUT2D eigenvalue weighted by molar-refractivity contribution is -0.0280. The number of fused-ring (bicyclic) bond motifs is 6. The maximum Gasteiger partial charge on any atom is 0.164 e. The van der Waals surface area contributed by atoms with Gasteiger partial charge in [-0.3, -0.25) is 0 Å². The van der Waals surface area contributed by atoms with E-state index in [-0.39, 0.29) is 16.2 Å². The van der Waals surface area contributed by atoms with Crippen molar-refractivity contribution in [3.63, 3.8) is 0 Å². The van der Waals surface area contributed by atoms with Gasteiger partial charge in [0.1, 0.15) is 0 Å². The van der Waals surface area contributed by atoms with Crippen molar-refractivity contribution >= 4 is 31.5 Å². The van der Waals surface area contributed by atoms with Crippen LogP contribution in [-0.4, -0.2) is 15.0 Å². The molecule has 14 rings (SSSR count). The van der Waals surface area contributed by atoms with Gasteiger partial charge in [-0.05, 0) is 130 Å². The van der Waals surface area contributed by atoms with Crippen molar-refractivity contribution in [2.75, 3.05) is 0 Å². The zero-order chi connectivity index (χ0) is 42.8. The number of hydrogen-bond donors (Lipinski definition) is 0. The molecule has 2 heterocycles. The maximum atomic E-state index is 9.30. The lowest BCUT2D eigenvalue weighted by atomic mass is 9.41. The quantitative estimate of drug-likeness (QED) is 0.167. The molecule has 9 aromatic rings. The average molecular weight is 843 g/mol. The van der Waals surface area contributed by atoms with Crippen LogP contribution in [-0.2, 0) is 16.2 Å². The minimum absolute atomic E-state index is 0.115. The molecule has 2 atom stereocenters. The van der Waals surface area contributed by atoms with E-state index < -0.39 is 0 Å². The standard InChI is InChI=1S/C59H46N4S/c1-57(2)49-13-7-6-11-47(49)53-48(12-8-14-50(53)57)56-62-54(40-9-4-3-5-10-40)61-55(63-56)41-19-22-43(23-20-41)58-30-37-27-38(31-58)33-59(32-37,35-58)44-24-26-46-45-25-21-42(28-51(45)64-52(46)29-44)39-17-15-36(34-60)16-18-39/h3-26,28-29,37-38H,27,30-33,35H2,1-2H3. The summed E-state index contributed by atoms with van der Waals surface area (Å²) in [6.07, 6.45) is 7.71. The fourth-order valence-corrected chi connectivity index (χ4v) is 14.4. The van der Waals surface area contributed by atoms with E-state index in [1.165, 1.54) is 92.1 Å². The molecule has 0 saturated heterocycles. The first-order valence-corrected chi connectivity index (χ1v) is 23.7. The number of aromatic nitrogens is 3. The smallest absolute Gasteiger partial charge is 0.164 e. The third-order valence-corrected chi connectivity index (χ3v) is 16.9. The lowest BCUT2D eigenvalue weighted by Gasteiger charge is -2.63. The molecule has 0 spiro atoms. The second-order valence-corrected chi connectivity index (χ2v) is 21.0. The number of hydrogen-bond acceptors (Lipinski definition) is 5. The average Bonchev–Trinajstić information content (AvgIpc) is 3.82. The Morgan fingerprint density at radius 3 is 1.81 bits per heavy atom. The summed E-state index contributed by atoms with van der Waals surface area (Å²) < 4.78 is 2.71. The highest BCUT2D eigenvalue weighted by atomic mass is 32.1. The van der Waals surface area contributed by atoms with Gasteiger partial charge in [0.25, 0.3) is 0 Å². The van der Waals surface area contributed by atoms with E-state index in [9.17, 15) is 5.26 Å². The van der Waals surface area contributed by atoms with Crippen LogP contribution in [0.15, 0.2) is 158 Å². The van der Waals surface area contributed by atoms with Gasteiger partial charge < -0.3 is 0 Å². The van der Waals surface area contributed by atoms with Crippen LogP contribution < -0.4 is 0 Å². The summed E-state index contributed by atoms with van der Waals surface area (Å²) in [6.45, 7) is 4.64. The van der Waals surface area contributed by atoms with Crippen LogP contribution in [0.4, 0.5) is 0 Å². The SMILES string of the molecule is CC1(C)c2ccccc2-c2c(-c3nc(-c4ccccc4)nc(-c4ccc(C56CC7CC(C5)CC(c5ccc8c(c5)sc5cc(-c9ccc(C#N)cc9)ccc58)(C7)C6)cc4)n3)cccc21. The van der Waals surface area contributed by atoms with E-state index in [1.54, 1.807) is 5.56 Å². The molecule has 4 saturated carbocycles. The Hall–Kier alpha value is -6.74. The molecule has 4 fully saturated rings. The zero-order valence-electron chi connectivity index (χ0n) is 36.1. The first-order chi connectivity index (χ1) is 31.3. The van der Waals surface area contributed by atoms with Gasteiger partial charge in [0.2, 0.25) is 0 Å². The Bertz CT molecular complexity index is 3380. The van der Waals surface area contributed by atoms with Gasteiger partial charge >= 0.3 is 0 Å². The van der Waals surface area contributed by atoms with Gasteiger partial charge in [0.15, 0.2) is 17.5 Å². The Balaban J connectivity index is 0.855. The lowest BCUT2D eigenvalue weighted by Crippen LogP contribution is -2.55. The highest BCUT2D eigenvalue weighted by molar-refractivity contribution is 7.25. The summed E-state index contributed by atoms with van der Waals surface area (Å²) in [6, 6.07) is 59.7. The van der Waals surface area contributed by atoms with Crippen LogP contribution in [0.2, 0.25) is 0 Å². The van der Waals surface area contributed by atoms with Crippen molar-refractivity contribution in [3.05, 3.63) is 186 Å². The predicted octanol–water partition coefficient (Wildman–Crippen LogP) is 14.9. The van der Waals surface area contributed by atoms with Crippen LogP contribution in [0.5, 0.6) is 0 Å². The monoisotopic (exact) mass is 842 g/mol. The van der Waals surface area contributed by atoms with Crippen molar-refractivity contribution in [2.45, 2.75) is 68.6 Å². The molecule has 5 heteroatoms. The van der Waals surface area contributed by atoms with Gasteiger partial charge in [-0.1, -0.05) is 147 Å². The van der Waals surface area contributed by atoms with E-state index in [1.807, 2.05) is 29.5 Å². The molecule has 4 nitrogen and oxygen atoms in total. The highest BCUT2D eigenvalue weighted by Gasteiger charge is 2.58. The van der Waals surface area contributed by atoms with E-state index in [0.29, 0.717) is 23.0 Å². The summed E-state index contributed by atoms with van der Waals surface area (Å²) >= 11 is 1.92. The Morgan fingerprint density at radius 1 is 0.516 bits per heavy atom. The molecule has 0 aliphatic heterocycles. The Labute approximate surface area is 378 Å². The third kappa shape index (κ3) is 5.75. The zero-order valence-corrected chi connectivity index (χ0v) is 36.9. The number of thiophene rings is 1. The van der Waals surface area contributed by atoms with E-state index in [4.69, 9.17) is 15.0 Å². The van der Waals surface area contributed by atoms with Crippen LogP contribution in [0.25, 0.3) is 76.6 Å². The number of nitriles is 1. The molecule has 2 unspecified atom stereocenters. The van der Waals surface area contributed by atoms with Crippen molar-refractivity contribution in [1.82, 2.24) is 15.0 Å². The molecule has 4 bridgehead atoms. The van der Waals surface area contributed by atoms with Crippen LogP contribution in [0.1, 0.15) is 80.2 Å². The molecule has 5 aliphatic carbocycles. The second-order valence-electron chi connectivity index (χ2n) is 19.9. The second kappa shape index (κ2) is 13.9. The molecule has 0 amide bonds. The summed E-state index contributed by atoms with van der Waals surface area (Å²) in [5, 5.41) is 12.0. The number of benzene rings is 7. The van der Waals surface area contributed by atoms with Crippen molar-refractivity contribution in [3.8, 4) is 62.5 Å². The molecule has 2 aromatic heterocycles. The number of nitrogens with zero attached hydrogens (tertiary/aromatic N) is 4. The van der Waals surface area contributed by atoms with Gasteiger partial charge in [-0.25, -0.2) is 15.0 Å². The van der Waals surface area contributed by atoms with Crippen molar-refractivity contribution < 1.29 is 0 Å². The normalized spacial score (nSPS) is 22.4. The topological polar surface area (TPSA) is 62.5 Å². The van der Waals surface area contributed by atoms with Crippen molar-refractivity contribution in [2.24, 2.45) is 11.8 Å². The molecule has 0 radical (unpaired) electrons. The fourth-order valence-electron chi connectivity index (χ4n) is 13.2. The Morgan fingerprint density at radius 2 is 1.08 bits per heavy atom. The van der Waals surface area contributed by atoms with E-state index in [0.717, 1.165) is 34.1 Å². The molecule has 64 heavy (non-hydrogen) atoms. The van der Waals surface area contributed by atoms with Gasteiger partial charge in [-0.2, -0.15) is 5.26 Å².